The second-order valence-electron chi connectivity index (χ2n) is 3.79. The van der Waals surface area contributed by atoms with Crippen LogP contribution in [0, 0.1) is 0 Å². The smallest absolute Gasteiger partial charge is 0.151 e. The molecule has 0 bridgehead atoms. The van der Waals surface area contributed by atoms with Gasteiger partial charge in [-0.05, 0) is 24.3 Å². The van der Waals surface area contributed by atoms with Crippen molar-refractivity contribution in [1.82, 2.24) is 5.32 Å². The number of halogens is 1. The van der Waals surface area contributed by atoms with Crippen LogP contribution in [0.3, 0.4) is 0 Å². The van der Waals surface area contributed by atoms with Crippen LogP contribution in [-0.2, 0) is 9.84 Å². The standard InChI is InChI=1S/C12H18BrNO3S/c1-2-18(15,16)10-8-14-7-9-17-12-5-3-11(13)4-6-12/h3-6,14H,2,7-10H2,1H3. The molecule has 0 radical (unpaired) electrons. The first-order valence-electron chi connectivity index (χ1n) is 5.83. The van der Waals surface area contributed by atoms with E-state index in [0.717, 1.165) is 10.2 Å². The summed E-state index contributed by atoms with van der Waals surface area (Å²) in [5, 5.41) is 3.04. The van der Waals surface area contributed by atoms with E-state index in [-0.39, 0.29) is 11.5 Å². The number of nitrogens with one attached hydrogen (secondary N) is 1. The van der Waals surface area contributed by atoms with Crippen molar-refractivity contribution in [3.63, 3.8) is 0 Å². The fourth-order valence-corrected chi connectivity index (χ4v) is 2.28. The molecule has 4 nitrogen and oxygen atoms in total. The van der Waals surface area contributed by atoms with Crippen LogP contribution in [0.15, 0.2) is 28.7 Å². The van der Waals surface area contributed by atoms with E-state index in [9.17, 15) is 8.42 Å². The molecule has 18 heavy (non-hydrogen) atoms. The van der Waals surface area contributed by atoms with Crippen LogP contribution in [0.5, 0.6) is 5.75 Å². The predicted molar refractivity (Wildman–Crippen MR) is 76.8 cm³/mol. The SMILES string of the molecule is CCS(=O)(=O)CCNCCOc1ccc(Br)cc1. The minimum Gasteiger partial charge on any atom is -0.492 e. The first-order valence-corrected chi connectivity index (χ1v) is 8.44. The van der Waals surface area contributed by atoms with Gasteiger partial charge in [0.1, 0.15) is 12.4 Å². The largest absolute Gasteiger partial charge is 0.492 e. The highest BCUT2D eigenvalue weighted by Gasteiger charge is 2.05. The molecule has 0 unspecified atom stereocenters. The van der Waals surface area contributed by atoms with Crippen molar-refractivity contribution in [3.8, 4) is 5.75 Å². The Hall–Kier alpha value is -0.590. The zero-order valence-electron chi connectivity index (χ0n) is 10.4. The second kappa shape index (κ2) is 7.76. The summed E-state index contributed by atoms with van der Waals surface area (Å²) in [5.74, 6) is 1.19. The maximum atomic E-state index is 11.2. The summed E-state index contributed by atoms with van der Waals surface area (Å²) in [6, 6.07) is 7.59. The number of ether oxygens (including phenoxy) is 1. The normalized spacial score (nSPS) is 11.4. The van der Waals surface area contributed by atoms with Gasteiger partial charge in [-0.25, -0.2) is 8.42 Å². The van der Waals surface area contributed by atoms with E-state index in [2.05, 4.69) is 21.2 Å². The average molecular weight is 336 g/mol. The molecule has 0 heterocycles. The summed E-state index contributed by atoms with van der Waals surface area (Å²) in [7, 11) is -2.87. The fourth-order valence-electron chi connectivity index (χ4n) is 1.27. The molecule has 0 fully saturated rings. The molecule has 0 aliphatic carbocycles. The zero-order valence-corrected chi connectivity index (χ0v) is 12.8. The lowest BCUT2D eigenvalue weighted by atomic mass is 10.3. The Bertz CT molecular complexity index is 445. The molecule has 1 N–H and O–H groups in total. The van der Waals surface area contributed by atoms with Gasteiger partial charge in [0.2, 0.25) is 0 Å². The summed E-state index contributed by atoms with van der Waals surface area (Å²) in [4.78, 5) is 0. The van der Waals surface area contributed by atoms with E-state index >= 15 is 0 Å². The molecular formula is C12H18BrNO3S. The summed E-state index contributed by atoms with van der Waals surface area (Å²) in [6.07, 6.45) is 0. The molecule has 1 aromatic carbocycles. The van der Waals surface area contributed by atoms with Crippen molar-refractivity contribution in [2.24, 2.45) is 0 Å². The maximum absolute atomic E-state index is 11.2. The van der Waals surface area contributed by atoms with Crippen LogP contribution in [0.4, 0.5) is 0 Å². The van der Waals surface area contributed by atoms with Gasteiger partial charge in [-0.3, -0.25) is 0 Å². The molecule has 0 aliphatic rings. The Morgan fingerprint density at radius 2 is 1.89 bits per heavy atom. The molecule has 102 valence electrons. The number of hydrogen-bond acceptors (Lipinski definition) is 4. The van der Waals surface area contributed by atoms with Crippen molar-refractivity contribution in [2.75, 3.05) is 31.2 Å². The summed E-state index contributed by atoms with van der Waals surface area (Å²) < 4.78 is 28.9. The lowest BCUT2D eigenvalue weighted by Crippen LogP contribution is -2.27. The molecule has 0 aliphatic heterocycles. The van der Waals surface area contributed by atoms with Crippen LogP contribution in [0.25, 0.3) is 0 Å². The highest BCUT2D eigenvalue weighted by molar-refractivity contribution is 9.10. The Balaban J connectivity index is 2.11. The van der Waals surface area contributed by atoms with Gasteiger partial charge in [0.15, 0.2) is 9.84 Å². The van der Waals surface area contributed by atoms with E-state index < -0.39 is 9.84 Å². The van der Waals surface area contributed by atoms with Crippen molar-refractivity contribution in [2.45, 2.75) is 6.92 Å². The third-order valence-electron chi connectivity index (χ3n) is 2.39. The Kier molecular flexibility index (Phi) is 6.67. The molecule has 0 spiro atoms. The first kappa shape index (κ1) is 15.5. The minimum atomic E-state index is -2.87. The number of rotatable bonds is 8. The van der Waals surface area contributed by atoms with Gasteiger partial charge in [-0.2, -0.15) is 0 Å². The van der Waals surface area contributed by atoms with Crippen molar-refractivity contribution in [1.29, 1.82) is 0 Å². The van der Waals surface area contributed by atoms with Crippen molar-refractivity contribution < 1.29 is 13.2 Å². The number of sulfone groups is 1. The van der Waals surface area contributed by atoms with E-state index in [0.29, 0.717) is 19.7 Å². The van der Waals surface area contributed by atoms with Gasteiger partial charge in [-0.15, -0.1) is 0 Å². The van der Waals surface area contributed by atoms with E-state index in [1.54, 1.807) is 6.92 Å². The highest BCUT2D eigenvalue weighted by atomic mass is 79.9. The van der Waals surface area contributed by atoms with Gasteiger partial charge >= 0.3 is 0 Å². The molecule has 0 saturated carbocycles. The van der Waals surface area contributed by atoms with Crippen LogP contribution < -0.4 is 10.1 Å². The van der Waals surface area contributed by atoms with Gasteiger partial charge in [-0.1, -0.05) is 22.9 Å². The molecule has 6 heteroatoms. The van der Waals surface area contributed by atoms with Crippen LogP contribution in [0.1, 0.15) is 6.92 Å². The molecule has 0 amide bonds. The van der Waals surface area contributed by atoms with Crippen LogP contribution in [-0.4, -0.2) is 39.6 Å². The Labute approximate surface area is 117 Å². The van der Waals surface area contributed by atoms with Crippen LogP contribution >= 0.6 is 15.9 Å². The van der Waals surface area contributed by atoms with Crippen LogP contribution in [0.2, 0.25) is 0 Å². The quantitative estimate of drug-likeness (QED) is 0.736. The fraction of sp³-hybridized carbons (Fsp3) is 0.500. The lowest BCUT2D eigenvalue weighted by molar-refractivity contribution is 0.315. The first-order chi connectivity index (χ1) is 8.53. The van der Waals surface area contributed by atoms with Crippen molar-refractivity contribution in [3.05, 3.63) is 28.7 Å². The monoisotopic (exact) mass is 335 g/mol. The lowest BCUT2D eigenvalue weighted by Gasteiger charge is -2.07. The Morgan fingerprint density at radius 3 is 2.50 bits per heavy atom. The van der Waals surface area contributed by atoms with E-state index in [4.69, 9.17) is 4.74 Å². The molecule has 1 aromatic rings. The molecule has 0 saturated heterocycles. The summed E-state index contributed by atoms with van der Waals surface area (Å²) in [6.45, 7) is 3.29. The highest BCUT2D eigenvalue weighted by Crippen LogP contribution is 2.15. The maximum Gasteiger partial charge on any atom is 0.151 e. The van der Waals surface area contributed by atoms with E-state index in [1.807, 2.05) is 24.3 Å². The second-order valence-corrected chi connectivity index (χ2v) is 7.18. The molecular weight excluding hydrogens is 318 g/mol. The topological polar surface area (TPSA) is 55.4 Å². The predicted octanol–water partition coefficient (Wildman–Crippen LogP) is 1.85. The minimum absolute atomic E-state index is 0.182. The zero-order chi connectivity index (χ0) is 13.4. The van der Waals surface area contributed by atoms with E-state index in [1.165, 1.54) is 0 Å². The number of hydrogen-bond donors (Lipinski definition) is 1. The third kappa shape index (κ3) is 6.37. The van der Waals surface area contributed by atoms with Gasteiger partial charge in [0.25, 0.3) is 0 Å². The Morgan fingerprint density at radius 1 is 1.22 bits per heavy atom. The third-order valence-corrected chi connectivity index (χ3v) is 4.63. The summed E-state index contributed by atoms with van der Waals surface area (Å²) in [5.41, 5.74) is 0. The van der Waals surface area contributed by atoms with Gasteiger partial charge in [0.05, 0.1) is 5.75 Å². The van der Waals surface area contributed by atoms with Gasteiger partial charge < -0.3 is 10.1 Å². The summed E-state index contributed by atoms with van der Waals surface area (Å²) >= 11 is 3.35. The molecule has 0 atom stereocenters. The number of benzene rings is 1. The molecule has 0 aromatic heterocycles. The van der Waals surface area contributed by atoms with Crippen molar-refractivity contribution >= 4 is 25.8 Å². The average Bonchev–Trinajstić information content (AvgIpc) is 2.36. The molecule has 1 rings (SSSR count). The van der Waals surface area contributed by atoms with Gasteiger partial charge in [0, 0.05) is 23.3 Å².